The standard InChI is InChI=1S/C18H24N4O2.HI/c1-3-20-18(21-11-13(2)14-7-5-4-6-8-14)22-12-15-9-10-16(24-15)17(19)23;/h4-10,13H,3,11-12H2,1-2H3,(H2,19,23)(H2,20,21,22);1H. The van der Waals surface area contributed by atoms with Gasteiger partial charge in [0.15, 0.2) is 11.7 Å². The number of primary amides is 1. The summed E-state index contributed by atoms with van der Waals surface area (Å²) in [4.78, 5) is 15.5. The number of benzene rings is 1. The number of halogens is 1. The largest absolute Gasteiger partial charge is 0.454 e. The molecule has 0 aliphatic rings. The number of rotatable bonds is 7. The van der Waals surface area contributed by atoms with Crippen LogP contribution in [0.1, 0.15) is 41.6 Å². The lowest BCUT2D eigenvalue weighted by Crippen LogP contribution is -2.39. The molecular formula is C18H25IN4O2. The average molecular weight is 456 g/mol. The maximum Gasteiger partial charge on any atom is 0.284 e. The van der Waals surface area contributed by atoms with Crippen LogP contribution in [0.4, 0.5) is 0 Å². The molecule has 1 unspecified atom stereocenters. The molecule has 0 saturated carbocycles. The van der Waals surface area contributed by atoms with Crippen molar-refractivity contribution in [3.05, 3.63) is 59.5 Å². The molecule has 6 nitrogen and oxygen atoms in total. The van der Waals surface area contributed by atoms with Gasteiger partial charge in [0.05, 0.1) is 0 Å². The summed E-state index contributed by atoms with van der Waals surface area (Å²) in [6.45, 7) is 6.03. The first-order chi connectivity index (χ1) is 11.6. The highest BCUT2D eigenvalue weighted by molar-refractivity contribution is 14.0. The Kier molecular flexibility index (Phi) is 9.04. The topological polar surface area (TPSA) is 92.6 Å². The van der Waals surface area contributed by atoms with Crippen LogP contribution in [0.25, 0.3) is 0 Å². The van der Waals surface area contributed by atoms with Crippen LogP contribution in [-0.2, 0) is 6.54 Å². The van der Waals surface area contributed by atoms with Gasteiger partial charge in [-0.25, -0.2) is 4.99 Å². The summed E-state index contributed by atoms with van der Waals surface area (Å²) >= 11 is 0. The quantitative estimate of drug-likeness (QED) is 0.340. The predicted molar refractivity (Wildman–Crippen MR) is 110 cm³/mol. The zero-order chi connectivity index (χ0) is 17.4. The summed E-state index contributed by atoms with van der Waals surface area (Å²) in [5.74, 6) is 1.23. The third-order valence-corrected chi connectivity index (χ3v) is 3.59. The predicted octanol–water partition coefficient (Wildman–Crippen LogP) is 2.86. The van der Waals surface area contributed by atoms with Gasteiger partial charge in [-0.05, 0) is 30.5 Å². The molecule has 2 rings (SSSR count). The van der Waals surface area contributed by atoms with E-state index in [0.717, 1.165) is 13.1 Å². The van der Waals surface area contributed by atoms with Gasteiger partial charge in [-0.1, -0.05) is 37.3 Å². The molecule has 1 aromatic carbocycles. The monoisotopic (exact) mass is 456 g/mol. The van der Waals surface area contributed by atoms with E-state index in [2.05, 4.69) is 34.7 Å². The Morgan fingerprint density at radius 2 is 1.92 bits per heavy atom. The second kappa shape index (κ2) is 10.8. The molecule has 1 heterocycles. The summed E-state index contributed by atoms with van der Waals surface area (Å²) in [5.41, 5.74) is 6.45. The molecule has 0 saturated heterocycles. The Balaban J connectivity index is 0.00000312. The van der Waals surface area contributed by atoms with E-state index in [9.17, 15) is 4.79 Å². The van der Waals surface area contributed by atoms with Gasteiger partial charge in [-0.15, -0.1) is 24.0 Å². The lowest BCUT2D eigenvalue weighted by molar-refractivity contribution is 0.0972. The summed E-state index contributed by atoms with van der Waals surface area (Å²) < 4.78 is 5.33. The molecule has 25 heavy (non-hydrogen) atoms. The second-order valence-electron chi connectivity index (χ2n) is 5.52. The second-order valence-corrected chi connectivity index (χ2v) is 5.52. The number of carbonyl (C=O) groups is 1. The van der Waals surface area contributed by atoms with Crippen LogP contribution in [-0.4, -0.2) is 25.0 Å². The molecular weight excluding hydrogens is 431 g/mol. The first-order valence-electron chi connectivity index (χ1n) is 8.05. The van der Waals surface area contributed by atoms with Crippen LogP contribution in [0, 0.1) is 0 Å². The SMILES string of the molecule is CCNC(=NCc1ccc(C(N)=O)o1)NCC(C)c1ccccc1.I. The zero-order valence-electron chi connectivity index (χ0n) is 14.5. The lowest BCUT2D eigenvalue weighted by atomic mass is 10.0. The van der Waals surface area contributed by atoms with Crippen molar-refractivity contribution >= 4 is 35.8 Å². The van der Waals surface area contributed by atoms with Crippen molar-refractivity contribution in [2.75, 3.05) is 13.1 Å². The van der Waals surface area contributed by atoms with Crippen LogP contribution >= 0.6 is 24.0 Å². The highest BCUT2D eigenvalue weighted by atomic mass is 127. The molecule has 2 aromatic rings. The van der Waals surface area contributed by atoms with Gasteiger partial charge in [-0.3, -0.25) is 4.79 Å². The fourth-order valence-corrected chi connectivity index (χ4v) is 2.24. The fraction of sp³-hybridized carbons (Fsp3) is 0.333. The highest BCUT2D eigenvalue weighted by Crippen LogP contribution is 2.13. The van der Waals surface area contributed by atoms with Crippen molar-refractivity contribution in [2.45, 2.75) is 26.3 Å². The molecule has 4 N–H and O–H groups in total. The number of aliphatic imine (C=N–C) groups is 1. The van der Waals surface area contributed by atoms with Crippen molar-refractivity contribution in [3.8, 4) is 0 Å². The molecule has 0 aliphatic carbocycles. The molecule has 1 aromatic heterocycles. The summed E-state index contributed by atoms with van der Waals surface area (Å²) in [7, 11) is 0. The molecule has 0 fully saturated rings. The normalized spacial score (nSPS) is 12.2. The minimum atomic E-state index is -0.577. The number of guanidine groups is 1. The molecule has 1 atom stereocenters. The molecule has 136 valence electrons. The number of hydrogen-bond donors (Lipinski definition) is 3. The van der Waals surface area contributed by atoms with Gasteiger partial charge in [0.25, 0.3) is 5.91 Å². The van der Waals surface area contributed by atoms with E-state index in [1.165, 1.54) is 5.56 Å². The Morgan fingerprint density at radius 1 is 1.20 bits per heavy atom. The average Bonchev–Trinajstić information content (AvgIpc) is 3.07. The third-order valence-electron chi connectivity index (χ3n) is 3.59. The lowest BCUT2D eigenvalue weighted by Gasteiger charge is -2.16. The molecule has 0 spiro atoms. The van der Waals surface area contributed by atoms with Gasteiger partial charge in [0.1, 0.15) is 12.3 Å². The molecule has 1 amide bonds. The smallest absolute Gasteiger partial charge is 0.284 e. The van der Waals surface area contributed by atoms with E-state index >= 15 is 0 Å². The molecule has 0 aliphatic heterocycles. The minimum Gasteiger partial charge on any atom is -0.454 e. The van der Waals surface area contributed by atoms with Gasteiger partial charge < -0.3 is 20.8 Å². The molecule has 0 bridgehead atoms. The van der Waals surface area contributed by atoms with Crippen molar-refractivity contribution in [1.29, 1.82) is 0 Å². The Morgan fingerprint density at radius 3 is 2.52 bits per heavy atom. The molecule has 7 heteroatoms. The van der Waals surface area contributed by atoms with Gasteiger partial charge >= 0.3 is 0 Å². The fourth-order valence-electron chi connectivity index (χ4n) is 2.24. The first kappa shape index (κ1) is 21.0. The van der Waals surface area contributed by atoms with Crippen LogP contribution in [0.15, 0.2) is 51.9 Å². The van der Waals surface area contributed by atoms with E-state index in [1.54, 1.807) is 12.1 Å². The van der Waals surface area contributed by atoms with Crippen molar-refractivity contribution in [1.82, 2.24) is 10.6 Å². The van der Waals surface area contributed by atoms with Crippen molar-refractivity contribution in [2.24, 2.45) is 10.7 Å². The Labute approximate surface area is 165 Å². The number of furan rings is 1. The van der Waals surface area contributed by atoms with Crippen LogP contribution in [0.2, 0.25) is 0 Å². The number of nitrogens with two attached hydrogens (primary N) is 1. The van der Waals surface area contributed by atoms with E-state index in [4.69, 9.17) is 10.2 Å². The zero-order valence-corrected chi connectivity index (χ0v) is 16.8. The number of hydrogen-bond acceptors (Lipinski definition) is 3. The van der Waals surface area contributed by atoms with Crippen LogP contribution in [0.3, 0.4) is 0 Å². The van der Waals surface area contributed by atoms with Crippen molar-refractivity contribution < 1.29 is 9.21 Å². The molecule has 0 radical (unpaired) electrons. The van der Waals surface area contributed by atoms with Crippen LogP contribution < -0.4 is 16.4 Å². The highest BCUT2D eigenvalue weighted by Gasteiger charge is 2.08. The first-order valence-corrected chi connectivity index (χ1v) is 8.05. The Bertz CT molecular complexity index is 685. The number of nitrogens with one attached hydrogen (secondary N) is 2. The third kappa shape index (κ3) is 6.77. The van der Waals surface area contributed by atoms with Crippen molar-refractivity contribution in [3.63, 3.8) is 0 Å². The van der Waals surface area contributed by atoms with E-state index < -0.39 is 5.91 Å². The number of carbonyl (C=O) groups excluding carboxylic acids is 1. The van der Waals surface area contributed by atoms with E-state index in [0.29, 0.717) is 24.2 Å². The summed E-state index contributed by atoms with van der Waals surface area (Å²) in [6.07, 6.45) is 0. The maximum absolute atomic E-state index is 11.0. The maximum atomic E-state index is 11.0. The minimum absolute atomic E-state index is 0. The Hall–Kier alpha value is -2.03. The van der Waals surface area contributed by atoms with Gasteiger partial charge in [-0.2, -0.15) is 0 Å². The van der Waals surface area contributed by atoms with Gasteiger partial charge in [0, 0.05) is 13.1 Å². The van der Waals surface area contributed by atoms with Crippen LogP contribution in [0.5, 0.6) is 0 Å². The number of amides is 1. The number of nitrogens with zero attached hydrogens (tertiary/aromatic N) is 1. The van der Waals surface area contributed by atoms with E-state index in [1.807, 2.05) is 25.1 Å². The summed E-state index contributed by atoms with van der Waals surface area (Å²) in [5, 5.41) is 6.52. The summed E-state index contributed by atoms with van der Waals surface area (Å²) in [6, 6.07) is 13.6. The van der Waals surface area contributed by atoms with Gasteiger partial charge in [0.2, 0.25) is 0 Å². The van der Waals surface area contributed by atoms with E-state index in [-0.39, 0.29) is 29.7 Å².